The summed E-state index contributed by atoms with van der Waals surface area (Å²) in [5.74, 6) is -3.12. The first-order valence-electron chi connectivity index (χ1n) is 10.1. The molecule has 0 saturated carbocycles. The van der Waals surface area contributed by atoms with Crippen molar-refractivity contribution in [2.45, 2.75) is 31.7 Å². The van der Waals surface area contributed by atoms with Crippen molar-refractivity contribution in [3.63, 3.8) is 0 Å². The van der Waals surface area contributed by atoms with Crippen molar-refractivity contribution in [2.24, 2.45) is 5.92 Å². The first kappa shape index (κ1) is 22.3. The molecular weight excluding hydrogens is 440 g/mol. The van der Waals surface area contributed by atoms with Gasteiger partial charge in [-0.3, -0.25) is 4.79 Å². The second-order valence-electron chi connectivity index (χ2n) is 7.80. The highest BCUT2D eigenvalue weighted by Gasteiger charge is 2.54. The summed E-state index contributed by atoms with van der Waals surface area (Å²) >= 11 is 0. The van der Waals surface area contributed by atoms with Crippen molar-refractivity contribution in [1.82, 2.24) is 10.2 Å². The number of alkyl halides is 2. The van der Waals surface area contributed by atoms with Crippen molar-refractivity contribution in [1.29, 1.82) is 0 Å². The van der Waals surface area contributed by atoms with Gasteiger partial charge in [-0.1, -0.05) is 18.2 Å². The molecule has 3 atom stereocenters. The van der Waals surface area contributed by atoms with Crippen LogP contribution < -0.4 is 20.1 Å². The zero-order chi connectivity index (χ0) is 23.9. The summed E-state index contributed by atoms with van der Waals surface area (Å²) in [4.78, 5) is 37.9. The minimum absolute atomic E-state index is 0.142. The maximum absolute atomic E-state index is 13.2. The molecule has 0 aliphatic carbocycles. The number of likely N-dealkylation sites (tertiary alicyclic amines) is 1. The Morgan fingerprint density at radius 3 is 2.61 bits per heavy atom. The maximum Gasteiger partial charge on any atom is 0.586 e. The molecule has 3 N–H and O–H groups in total. The van der Waals surface area contributed by atoms with Crippen LogP contribution in [0.25, 0.3) is 0 Å². The molecule has 0 bridgehead atoms. The van der Waals surface area contributed by atoms with Crippen molar-refractivity contribution < 1.29 is 37.7 Å². The Morgan fingerprint density at radius 2 is 1.91 bits per heavy atom. The van der Waals surface area contributed by atoms with Gasteiger partial charge in [0, 0.05) is 12.7 Å². The highest BCUT2D eigenvalue weighted by Crippen LogP contribution is 2.42. The van der Waals surface area contributed by atoms with Gasteiger partial charge in [0.15, 0.2) is 17.5 Å². The van der Waals surface area contributed by atoms with Crippen molar-refractivity contribution in [2.75, 3.05) is 12.4 Å². The molecule has 3 amide bonds. The third kappa shape index (κ3) is 4.26. The molecule has 2 aliphatic rings. The Labute approximate surface area is 187 Å². The Bertz CT molecular complexity index is 1130. The fourth-order valence-corrected chi connectivity index (χ4v) is 3.94. The lowest BCUT2D eigenvalue weighted by molar-refractivity contribution is -0.286. The van der Waals surface area contributed by atoms with E-state index in [0.717, 1.165) is 11.3 Å². The van der Waals surface area contributed by atoms with E-state index < -0.39 is 42.2 Å². The number of nitrogens with one attached hydrogen (secondary N) is 2. The van der Waals surface area contributed by atoms with Crippen LogP contribution in [-0.2, 0) is 16.0 Å². The quantitative estimate of drug-likeness (QED) is 0.566. The van der Waals surface area contributed by atoms with Crippen molar-refractivity contribution >= 4 is 23.6 Å². The summed E-state index contributed by atoms with van der Waals surface area (Å²) in [5.41, 5.74) is 1.98. The molecule has 1 fully saturated rings. The third-order valence-corrected chi connectivity index (χ3v) is 5.62. The molecule has 2 aromatic carbocycles. The van der Waals surface area contributed by atoms with E-state index in [9.17, 15) is 28.3 Å². The highest BCUT2D eigenvalue weighted by atomic mass is 19.3. The molecule has 174 valence electrons. The van der Waals surface area contributed by atoms with Crippen LogP contribution in [0.5, 0.6) is 11.5 Å². The van der Waals surface area contributed by atoms with Gasteiger partial charge < -0.3 is 25.2 Å². The topological polar surface area (TPSA) is 117 Å². The highest BCUT2D eigenvalue weighted by molar-refractivity contribution is 6.07. The molecule has 0 spiro atoms. The van der Waals surface area contributed by atoms with E-state index >= 15 is 0 Å². The largest absolute Gasteiger partial charge is 0.586 e. The number of carbonyl (C=O) groups excluding carboxylic acids is 2. The van der Waals surface area contributed by atoms with Gasteiger partial charge in [0.25, 0.3) is 0 Å². The molecular formula is C22H21F2N3O6. The maximum atomic E-state index is 13.2. The summed E-state index contributed by atoms with van der Waals surface area (Å²) in [7, 11) is 1.74. The van der Waals surface area contributed by atoms with Crippen LogP contribution in [0.2, 0.25) is 0 Å². The summed E-state index contributed by atoms with van der Waals surface area (Å²) in [6.45, 7) is 1.56. The number of carboxylic acid groups (broad SMARTS) is 1. The van der Waals surface area contributed by atoms with E-state index in [1.807, 2.05) is 6.07 Å². The lowest BCUT2D eigenvalue weighted by atomic mass is 9.82. The fraction of sp³-hybridized carbons (Fsp3) is 0.318. The lowest BCUT2D eigenvalue weighted by Crippen LogP contribution is -2.68. The monoisotopic (exact) mass is 461 g/mol. The molecule has 0 unspecified atom stereocenters. The van der Waals surface area contributed by atoms with Gasteiger partial charge in [0.05, 0.1) is 12.0 Å². The molecule has 1 saturated heterocycles. The summed E-state index contributed by atoms with van der Waals surface area (Å²) in [6.07, 6.45) is -3.60. The van der Waals surface area contributed by atoms with Crippen LogP contribution in [0, 0.1) is 5.92 Å². The van der Waals surface area contributed by atoms with Crippen LogP contribution in [0.4, 0.5) is 19.3 Å². The first-order chi connectivity index (χ1) is 15.6. The molecule has 9 nitrogen and oxygen atoms in total. The normalized spacial score (nSPS) is 21.2. The van der Waals surface area contributed by atoms with E-state index in [0.29, 0.717) is 10.5 Å². The van der Waals surface area contributed by atoms with E-state index in [-0.39, 0.29) is 17.9 Å². The Morgan fingerprint density at radius 1 is 1.18 bits per heavy atom. The lowest BCUT2D eigenvalue weighted by Gasteiger charge is -2.43. The number of amides is 3. The van der Waals surface area contributed by atoms with Gasteiger partial charge in [-0.25, -0.2) is 14.5 Å². The minimum atomic E-state index is -3.77. The molecule has 2 aliphatic heterocycles. The number of hydrogen-bond donors (Lipinski definition) is 3. The number of carboxylic acids is 1. The smallest absolute Gasteiger partial charge is 0.480 e. The third-order valence-electron chi connectivity index (χ3n) is 5.62. The number of anilines is 1. The number of β-lactam (4-membered cyclic amide) rings is 1. The number of halogens is 2. The number of carbonyl (C=O) groups is 3. The zero-order valence-corrected chi connectivity index (χ0v) is 17.7. The van der Waals surface area contributed by atoms with Crippen LogP contribution in [0.1, 0.15) is 24.1 Å². The van der Waals surface area contributed by atoms with Crippen LogP contribution in [-0.4, -0.2) is 47.3 Å². The van der Waals surface area contributed by atoms with Gasteiger partial charge in [0.2, 0.25) is 5.91 Å². The predicted octanol–water partition coefficient (Wildman–Crippen LogP) is 2.97. The van der Waals surface area contributed by atoms with Crippen molar-refractivity contribution in [3.05, 3.63) is 53.6 Å². The van der Waals surface area contributed by atoms with Gasteiger partial charge in [-0.2, -0.15) is 0 Å². The van der Waals surface area contributed by atoms with Crippen LogP contribution in [0.3, 0.4) is 0 Å². The van der Waals surface area contributed by atoms with Gasteiger partial charge >= 0.3 is 18.3 Å². The number of aliphatic carboxylic acids is 1. The average molecular weight is 461 g/mol. The van der Waals surface area contributed by atoms with Gasteiger partial charge in [-0.15, -0.1) is 8.78 Å². The molecule has 4 rings (SSSR count). The molecule has 2 aromatic rings. The SMILES string of the molecule is CNc1cccc(C[C@H]2C(=O)N(C(=O)N[C@H](C)c3ccc4c(c3)OC(F)(F)O4)[C@@H]2C(=O)O)c1. The standard InChI is InChI=1S/C22H21F2N3O6/c1-11(13-6-7-16-17(10-13)33-22(23,24)32-16)26-21(31)27-18(20(29)30)15(19(27)28)9-12-4-3-5-14(8-12)25-2/h3-8,10-11,15,18,25H,9H2,1-2H3,(H,26,31)(H,29,30)/t11-,15-,18+/m1/s1. The number of hydrogen-bond acceptors (Lipinski definition) is 6. The Kier molecular flexibility index (Phi) is 5.56. The van der Waals surface area contributed by atoms with Crippen LogP contribution >= 0.6 is 0 Å². The predicted molar refractivity (Wildman–Crippen MR) is 111 cm³/mol. The average Bonchev–Trinajstić information content (AvgIpc) is 3.07. The zero-order valence-electron chi connectivity index (χ0n) is 17.7. The summed E-state index contributed by atoms with van der Waals surface area (Å²) < 4.78 is 35.2. The Balaban J connectivity index is 1.44. The molecule has 33 heavy (non-hydrogen) atoms. The summed E-state index contributed by atoms with van der Waals surface area (Å²) in [5, 5.41) is 15.1. The van der Waals surface area contributed by atoms with Crippen LogP contribution in [0.15, 0.2) is 42.5 Å². The van der Waals surface area contributed by atoms with Gasteiger partial charge in [-0.05, 0) is 48.7 Å². The number of imide groups is 1. The molecule has 2 heterocycles. The second kappa shape index (κ2) is 8.23. The van der Waals surface area contributed by atoms with E-state index in [4.69, 9.17) is 0 Å². The van der Waals surface area contributed by atoms with E-state index in [2.05, 4.69) is 20.1 Å². The van der Waals surface area contributed by atoms with Gasteiger partial charge in [0.1, 0.15) is 0 Å². The number of urea groups is 1. The van der Waals surface area contributed by atoms with E-state index in [1.165, 1.54) is 18.2 Å². The summed E-state index contributed by atoms with van der Waals surface area (Å²) in [6, 6.07) is 8.28. The fourth-order valence-electron chi connectivity index (χ4n) is 3.94. The molecule has 0 radical (unpaired) electrons. The number of fused-ring (bicyclic) bond motifs is 1. The Hall–Kier alpha value is -3.89. The molecule has 11 heteroatoms. The first-order valence-corrected chi connectivity index (χ1v) is 10.1. The number of ether oxygens (including phenoxy) is 2. The minimum Gasteiger partial charge on any atom is -0.480 e. The number of benzene rings is 2. The van der Waals surface area contributed by atoms with Crippen molar-refractivity contribution in [3.8, 4) is 11.5 Å². The van der Waals surface area contributed by atoms with E-state index in [1.54, 1.807) is 32.2 Å². The molecule has 0 aromatic heterocycles. The second-order valence-corrected chi connectivity index (χ2v) is 7.80. The number of nitrogens with zero attached hydrogens (tertiary/aromatic N) is 1. The number of rotatable bonds is 6.